The molecule has 0 aliphatic heterocycles. The van der Waals surface area contributed by atoms with Crippen LogP contribution in [0.4, 0.5) is 28.8 Å². The first-order chi connectivity index (χ1) is 16.0. The highest BCUT2D eigenvalue weighted by Crippen LogP contribution is 2.22. The van der Waals surface area contributed by atoms with Crippen molar-refractivity contribution in [2.45, 2.75) is 13.8 Å². The monoisotopic (exact) mass is 440 g/mol. The number of nitrogens with one attached hydrogen (secondary N) is 3. The molecule has 2 aromatic heterocycles. The van der Waals surface area contributed by atoms with E-state index >= 15 is 0 Å². The van der Waals surface area contributed by atoms with E-state index in [0.29, 0.717) is 23.0 Å². The molecule has 0 fully saturated rings. The minimum atomic E-state index is -0.293. The Morgan fingerprint density at radius 2 is 1.52 bits per heavy atom. The summed E-state index contributed by atoms with van der Waals surface area (Å²) in [6, 6.07) is 20.6. The highest BCUT2D eigenvalue weighted by molar-refractivity contribution is 6.05. The lowest BCUT2D eigenvalue weighted by Crippen LogP contribution is -2.13. The van der Waals surface area contributed by atoms with Gasteiger partial charge >= 0.3 is 0 Å². The van der Waals surface area contributed by atoms with Crippen molar-refractivity contribution >= 4 is 34.7 Å². The standard InChI is InChI=1S/C25H24N6O2/c1-16-6-8-20(9-7-16)30-25-27-17(2)15-22(31-25)28-18-10-12-19(13-11-18)29-23(32)21-5-4-14-26-24(21)33-3/h4-15H,1-3H3,(H,29,32)(H2,27,28,30,31). The van der Waals surface area contributed by atoms with Crippen molar-refractivity contribution in [2.24, 2.45) is 0 Å². The minimum Gasteiger partial charge on any atom is -0.480 e. The Labute approximate surface area is 192 Å². The quantitative estimate of drug-likeness (QED) is 0.361. The van der Waals surface area contributed by atoms with E-state index in [9.17, 15) is 4.79 Å². The first-order valence-electron chi connectivity index (χ1n) is 10.4. The molecule has 0 unspecified atom stereocenters. The van der Waals surface area contributed by atoms with Crippen LogP contribution in [0.3, 0.4) is 0 Å². The number of benzene rings is 2. The number of nitrogens with zero attached hydrogens (tertiary/aromatic N) is 3. The summed E-state index contributed by atoms with van der Waals surface area (Å²) in [5, 5.41) is 9.36. The fourth-order valence-corrected chi connectivity index (χ4v) is 3.16. The van der Waals surface area contributed by atoms with Crippen LogP contribution in [0, 0.1) is 13.8 Å². The molecule has 8 nitrogen and oxygen atoms in total. The van der Waals surface area contributed by atoms with Gasteiger partial charge in [-0.1, -0.05) is 17.7 Å². The summed E-state index contributed by atoms with van der Waals surface area (Å²) in [6.45, 7) is 3.96. The Morgan fingerprint density at radius 1 is 0.848 bits per heavy atom. The molecular formula is C25H24N6O2. The Kier molecular flexibility index (Phi) is 6.45. The molecule has 3 N–H and O–H groups in total. The van der Waals surface area contributed by atoms with Crippen molar-refractivity contribution in [3.8, 4) is 5.88 Å². The Hall–Kier alpha value is -4.46. The first kappa shape index (κ1) is 21.8. The van der Waals surface area contributed by atoms with Gasteiger partial charge in [-0.05, 0) is 62.4 Å². The van der Waals surface area contributed by atoms with E-state index < -0.39 is 0 Å². The molecule has 0 spiro atoms. The fraction of sp³-hybridized carbons (Fsp3) is 0.120. The third-order valence-corrected chi connectivity index (χ3v) is 4.79. The van der Waals surface area contributed by atoms with Crippen molar-refractivity contribution < 1.29 is 9.53 Å². The molecule has 0 aliphatic carbocycles. The molecule has 2 aromatic carbocycles. The van der Waals surface area contributed by atoms with Crippen LogP contribution in [0.2, 0.25) is 0 Å². The molecule has 8 heteroatoms. The normalized spacial score (nSPS) is 10.4. The van der Waals surface area contributed by atoms with Crippen LogP contribution in [0.5, 0.6) is 5.88 Å². The first-order valence-corrected chi connectivity index (χ1v) is 10.4. The molecule has 0 radical (unpaired) electrons. The van der Waals surface area contributed by atoms with Gasteiger partial charge in [-0.25, -0.2) is 9.97 Å². The number of methoxy groups -OCH3 is 1. The molecule has 33 heavy (non-hydrogen) atoms. The lowest BCUT2D eigenvalue weighted by Gasteiger charge is -2.11. The van der Waals surface area contributed by atoms with Crippen LogP contribution in [0.25, 0.3) is 0 Å². The Morgan fingerprint density at radius 3 is 2.24 bits per heavy atom. The zero-order valence-corrected chi connectivity index (χ0v) is 18.6. The van der Waals surface area contributed by atoms with Crippen LogP contribution in [-0.4, -0.2) is 28.0 Å². The molecule has 0 bridgehead atoms. The molecule has 4 rings (SSSR count). The van der Waals surface area contributed by atoms with E-state index in [1.54, 1.807) is 18.3 Å². The number of carbonyl (C=O) groups is 1. The van der Waals surface area contributed by atoms with Gasteiger partial charge in [0.05, 0.1) is 7.11 Å². The second-order valence-corrected chi connectivity index (χ2v) is 7.43. The molecule has 0 aliphatic rings. The van der Waals surface area contributed by atoms with Gasteiger partial charge in [0.15, 0.2) is 0 Å². The number of aryl methyl sites for hydroxylation is 2. The van der Waals surface area contributed by atoms with Gasteiger partial charge in [-0.3, -0.25) is 4.79 Å². The highest BCUT2D eigenvalue weighted by atomic mass is 16.5. The number of ether oxygens (including phenoxy) is 1. The maximum absolute atomic E-state index is 12.5. The summed E-state index contributed by atoms with van der Waals surface area (Å²) in [5.74, 6) is 1.16. The number of hydrogen-bond donors (Lipinski definition) is 3. The van der Waals surface area contributed by atoms with Gasteiger partial charge in [0.2, 0.25) is 11.8 Å². The number of hydrogen-bond acceptors (Lipinski definition) is 7. The van der Waals surface area contributed by atoms with E-state index in [1.807, 2.05) is 68.4 Å². The zero-order valence-electron chi connectivity index (χ0n) is 18.6. The predicted molar refractivity (Wildman–Crippen MR) is 130 cm³/mol. The molecule has 0 saturated heterocycles. The molecule has 2 heterocycles. The minimum absolute atomic E-state index is 0.280. The number of anilines is 5. The van der Waals surface area contributed by atoms with Crippen molar-refractivity contribution in [2.75, 3.05) is 23.1 Å². The molecule has 4 aromatic rings. The second kappa shape index (κ2) is 9.78. The van der Waals surface area contributed by atoms with Crippen LogP contribution < -0.4 is 20.7 Å². The zero-order chi connectivity index (χ0) is 23.2. The number of carbonyl (C=O) groups excluding carboxylic acids is 1. The largest absolute Gasteiger partial charge is 0.480 e. The lowest BCUT2D eigenvalue weighted by atomic mass is 10.2. The van der Waals surface area contributed by atoms with E-state index in [4.69, 9.17) is 4.74 Å². The van der Waals surface area contributed by atoms with Crippen LogP contribution in [-0.2, 0) is 0 Å². The van der Waals surface area contributed by atoms with E-state index in [2.05, 4.69) is 30.9 Å². The topological polar surface area (TPSA) is 101 Å². The van der Waals surface area contributed by atoms with E-state index in [-0.39, 0.29) is 11.8 Å². The van der Waals surface area contributed by atoms with Crippen LogP contribution in [0.15, 0.2) is 72.9 Å². The van der Waals surface area contributed by atoms with Gasteiger partial charge in [0, 0.05) is 35.0 Å². The molecular weight excluding hydrogens is 416 g/mol. The number of aromatic nitrogens is 3. The Bertz CT molecular complexity index is 1260. The van der Waals surface area contributed by atoms with Crippen molar-refractivity contribution in [3.63, 3.8) is 0 Å². The van der Waals surface area contributed by atoms with Crippen LogP contribution in [0.1, 0.15) is 21.6 Å². The third kappa shape index (κ3) is 5.62. The summed E-state index contributed by atoms with van der Waals surface area (Å²) < 4.78 is 5.15. The molecule has 166 valence electrons. The van der Waals surface area contributed by atoms with E-state index in [0.717, 1.165) is 17.1 Å². The summed E-state index contributed by atoms with van der Waals surface area (Å²) in [4.78, 5) is 25.6. The van der Waals surface area contributed by atoms with Gasteiger partial charge in [0.25, 0.3) is 5.91 Å². The molecule has 0 saturated carbocycles. The molecule has 0 atom stereocenters. The van der Waals surface area contributed by atoms with Crippen LogP contribution >= 0.6 is 0 Å². The SMILES string of the molecule is COc1ncccc1C(=O)Nc1ccc(Nc2cc(C)nc(Nc3ccc(C)cc3)n2)cc1. The van der Waals surface area contributed by atoms with Crippen molar-refractivity contribution in [1.29, 1.82) is 0 Å². The van der Waals surface area contributed by atoms with Gasteiger partial charge in [-0.15, -0.1) is 0 Å². The van der Waals surface area contributed by atoms with Crippen molar-refractivity contribution in [3.05, 3.63) is 89.7 Å². The lowest BCUT2D eigenvalue weighted by molar-refractivity contribution is 0.102. The average molecular weight is 441 g/mol. The number of rotatable bonds is 7. The number of pyridine rings is 1. The molecule has 1 amide bonds. The maximum Gasteiger partial charge on any atom is 0.261 e. The van der Waals surface area contributed by atoms with Crippen molar-refractivity contribution in [1.82, 2.24) is 15.0 Å². The summed E-state index contributed by atoms with van der Waals surface area (Å²) in [5.41, 5.74) is 4.78. The third-order valence-electron chi connectivity index (χ3n) is 4.79. The summed E-state index contributed by atoms with van der Waals surface area (Å²) >= 11 is 0. The van der Waals surface area contributed by atoms with E-state index in [1.165, 1.54) is 12.7 Å². The maximum atomic E-state index is 12.5. The highest BCUT2D eigenvalue weighted by Gasteiger charge is 2.13. The fourth-order valence-electron chi connectivity index (χ4n) is 3.16. The van der Waals surface area contributed by atoms with Gasteiger partial charge in [-0.2, -0.15) is 4.98 Å². The predicted octanol–water partition coefficient (Wildman–Crippen LogP) is 5.24. The number of amides is 1. The summed E-state index contributed by atoms with van der Waals surface area (Å²) in [7, 11) is 1.48. The average Bonchev–Trinajstić information content (AvgIpc) is 2.81. The van der Waals surface area contributed by atoms with Gasteiger partial charge in [0.1, 0.15) is 11.4 Å². The van der Waals surface area contributed by atoms with Gasteiger partial charge < -0.3 is 20.7 Å². The Balaban J connectivity index is 1.44. The second-order valence-electron chi connectivity index (χ2n) is 7.43. The summed E-state index contributed by atoms with van der Waals surface area (Å²) in [6.07, 6.45) is 1.58. The smallest absolute Gasteiger partial charge is 0.261 e.